The van der Waals surface area contributed by atoms with E-state index in [-0.39, 0.29) is 5.69 Å². The Kier molecular flexibility index (Phi) is 2.47. The zero-order valence-corrected chi connectivity index (χ0v) is 8.18. The number of para-hydroxylation sites is 1. The molecule has 0 unspecified atom stereocenters. The highest BCUT2D eigenvalue weighted by atomic mass is 16.4. The van der Waals surface area contributed by atoms with Crippen molar-refractivity contribution >= 4 is 11.8 Å². The molecule has 6 heteroatoms. The molecule has 0 fully saturated rings. The molecule has 1 aromatic heterocycles. The summed E-state index contributed by atoms with van der Waals surface area (Å²) in [6.45, 7) is 0. The van der Waals surface area contributed by atoms with E-state index in [4.69, 9.17) is 5.11 Å². The predicted molar refractivity (Wildman–Crippen MR) is 58.0 cm³/mol. The molecule has 0 saturated heterocycles. The number of rotatable bonds is 2. The van der Waals surface area contributed by atoms with Crippen LogP contribution in [0.4, 0.5) is 10.5 Å². The molecule has 0 aliphatic heterocycles. The molecule has 2 rings (SSSR count). The fourth-order valence-electron chi connectivity index (χ4n) is 1.34. The second kappa shape index (κ2) is 3.93. The largest absolute Gasteiger partial charge is 0.465 e. The van der Waals surface area contributed by atoms with E-state index in [1.807, 2.05) is 11.4 Å². The zero-order chi connectivity index (χ0) is 11.5. The van der Waals surface area contributed by atoms with Crippen molar-refractivity contribution in [3.8, 4) is 5.69 Å². The van der Waals surface area contributed by atoms with Crippen LogP contribution in [0.5, 0.6) is 0 Å². The summed E-state index contributed by atoms with van der Waals surface area (Å²) < 4.78 is 1.26. The summed E-state index contributed by atoms with van der Waals surface area (Å²) in [4.78, 5) is 22.1. The van der Waals surface area contributed by atoms with Crippen molar-refractivity contribution in [3.63, 3.8) is 0 Å². The van der Waals surface area contributed by atoms with E-state index in [2.05, 4.69) is 5.10 Å². The number of aromatic amines is 1. The van der Waals surface area contributed by atoms with E-state index in [1.54, 1.807) is 24.3 Å². The Morgan fingerprint density at radius 2 is 2.00 bits per heavy atom. The van der Waals surface area contributed by atoms with Gasteiger partial charge >= 0.3 is 6.09 Å². The number of benzene rings is 1. The Labute approximate surface area is 90.1 Å². The summed E-state index contributed by atoms with van der Waals surface area (Å²) in [6.07, 6.45) is 0.0417. The van der Waals surface area contributed by atoms with Crippen LogP contribution in [0.15, 0.2) is 41.3 Å². The third-order valence-corrected chi connectivity index (χ3v) is 2.03. The summed E-state index contributed by atoms with van der Waals surface area (Å²) >= 11 is 0. The zero-order valence-electron chi connectivity index (χ0n) is 8.18. The van der Waals surface area contributed by atoms with E-state index in [9.17, 15) is 9.59 Å². The van der Waals surface area contributed by atoms with E-state index in [0.717, 1.165) is 0 Å². The molecule has 1 amide bonds. The lowest BCUT2D eigenvalue weighted by molar-refractivity contribution is 0.209. The van der Waals surface area contributed by atoms with Gasteiger partial charge in [-0.1, -0.05) is 18.2 Å². The molecule has 6 nitrogen and oxygen atoms in total. The van der Waals surface area contributed by atoms with Crippen LogP contribution in [0.2, 0.25) is 0 Å². The van der Waals surface area contributed by atoms with Gasteiger partial charge in [0, 0.05) is 6.20 Å². The smallest absolute Gasteiger partial charge is 0.409 e. The average molecular weight is 219 g/mol. The maximum Gasteiger partial charge on any atom is 0.409 e. The quantitative estimate of drug-likeness (QED) is 0.710. The standard InChI is InChI=1S/C10H9N3O3/c14-9-8(12-10(15)16)6-11-13(9)7-4-2-1-3-5-7/h1-6,11-12H,(H,15,16). The summed E-state index contributed by atoms with van der Waals surface area (Å²) in [7, 11) is 0. The SMILES string of the molecule is O=C(O)Nc1c[nH]n(-c2ccccc2)c1=O. The summed E-state index contributed by atoms with van der Waals surface area (Å²) in [5, 5.41) is 13.2. The fourth-order valence-corrected chi connectivity index (χ4v) is 1.34. The summed E-state index contributed by atoms with van der Waals surface area (Å²) in [5.41, 5.74) is 0.205. The van der Waals surface area contributed by atoms with Crippen molar-refractivity contribution in [1.82, 2.24) is 9.78 Å². The van der Waals surface area contributed by atoms with Gasteiger partial charge in [0.1, 0.15) is 5.69 Å². The van der Waals surface area contributed by atoms with Crippen molar-refractivity contribution in [1.29, 1.82) is 0 Å². The van der Waals surface area contributed by atoms with Gasteiger partial charge in [-0.2, -0.15) is 0 Å². The highest BCUT2D eigenvalue weighted by Crippen LogP contribution is 2.05. The topological polar surface area (TPSA) is 87.1 Å². The monoisotopic (exact) mass is 219 g/mol. The van der Waals surface area contributed by atoms with Crippen LogP contribution in [0.25, 0.3) is 5.69 Å². The van der Waals surface area contributed by atoms with Gasteiger partial charge in [0.25, 0.3) is 5.56 Å². The molecule has 0 aliphatic rings. The van der Waals surface area contributed by atoms with E-state index in [0.29, 0.717) is 5.69 Å². The molecule has 0 atom stereocenters. The van der Waals surface area contributed by atoms with Crippen molar-refractivity contribution in [2.24, 2.45) is 0 Å². The number of aromatic nitrogens is 2. The molecular formula is C10H9N3O3. The van der Waals surface area contributed by atoms with Gasteiger partial charge in [-0.25, -0.2) is 9.48 Å². The first-order valence-corrected chi connectivity index (χ1v) is 4.54. The van der Waals surface area contributed by atoms with Crippen molar-refractivity contribution < 1.29 is 9.90 Å². The molecule has 0 spiro atoms. The predicted octanol–water partition coefficient (Wildman–Crippen LogP) is 1.26. The van der Waals surface area contributed by atoms with Crippen LogP contribution >= 0.6 is 0 Å². The highest BCUT2D eigenvalue weighted by molar-refractivity contribution is 5.82. The minimum absolute atomic E-state index is 0.00338. The first-order valence-electron chi connectivity index (χ1n) is 4.54. The van der Waals surface area contributed by atoms with Gasteiger partial charge in [-0.05, 0) is 12.1 Å². The first-order chi connectivity index (χ1) is 7.68. The molecule has 1 aromatic carbocycles. The summed E-state index contributed by atoms with van der Waals surface area (Å²) in [6, 6.07) is 8.87. The maximum absolute atomic E-state index is 11.7. The highest BCUT2D eigenvalue weighted by Gasteiger charge is 2.08. The van der Waals surface area contributed by atoms with Crippen LogP contribution in [0.1, 0.15) is 0 Å². The fraction of sp³-hybridized carbons (Fsp3) is 0. The molecule has 82 valence electrons. The van der Waals surface area contributed by atoms with Crippen molar-refractivity contribution in [3.05, 3.63) is 46.9 Å². The number of anilines is 1. The second-order valence-corrected chi connectivity index (χ2v) is 3.09. The summed E-state index contributed by atoms with van der Waals surface area (Å²) in [5.74, 6) is 0. The number of carbonyl (C=O) groups is 1. The third-order valence-electron chi connectivity index (χ3n) is 2.03. The molecule has 1 heterocycles. The molecule has 3 N–H and O–H groups in total. The third kappa shape index (κ3) is 1.81. The number of hydrogen-bond donors (Lipinski definition) is 3. The van der Waals surface area contributed by atoms with Crippen LogP contribution in [0, 0.1) is 0 Å². The van der Waals surface area contributed by atoms with Gasteiger partial charge in [-0.15, -0.1) is 0 Å². The Morgan fingerprint density at radius 1 is 1.31 bits per heavy atom. The lowest BCUT2D eigenvalue weighted by Gasteiger charge is -1.99. The number of hydrogen-bond acceptors (Lipinski definition) is 2. The van der Waals surface area contributed by atoms with Crippen LogP contribution in [-0.2, 0) is 0 Å². The second-order valence-electron chi connectivity index (χ2n) is 3.09. The van der Waals surface area contributed by atoms with E-state index < -0.39 is 11.7 Å². The molecule has 0 bridgehead atoms. The minimum Gasteiger partial charge on any atom is -0.465 e. The van der Waals surface area contributed by atoms with Gasteiger partial charge in [0.05, 0.1) is 5.69 Å². The lowest BCUT2D eigenvalue weighted by atomic mass is 10.3. The lowest BCUT2D eigenvalue weighted by Crippen LogP contribution is -2.19. The molecule has 0 saturated carbocycles. The van der Waals surface area contributed by atoms with Gasteiger partial charge in [0.15, 0.2) is 0 Å². The number of carboxylic acid groups (broad SMARTS) is 1. The first kappa shape index (κ1) is 10.0. The molecule has 0 radical (unpaired) electrons. The number of H-pyrrole nitrogens is 1. The van der Waals surface area contributed by atoms with Gasteiger partial charge in [-0.3, -0.25) is 15.2 Å². The molecular weight excluding hydrogens is 210 g/mol. The maximum atomic E-state index is 11.7. The Morgan fingerprint density at radius 3 is 2.62 bits per heavy atom. The Bertz CT molecular complexity index is 556. The average Bonchev–Trinajstić information content (AvgIpc) is 2.61. The van der Waals surface area contributed by atoms with E-state index in [1.165, 1.54) is 10.9 Å². The van der Waals surface area contributed by atoms with Crippen LogP contribution < -0.4 is 10.9 Å². The van der Waals surface area contributed by atoms with Gasteiger partial charge < -0.3 is 5.11 Å². The van der Waals surface area contributed by atoms with Crippen molar-refractivity contribution in [2.45, 2.75) is 0 Å². The Hall–Kier alpha value is -2.50. The van der Waals surface area contributed by atoms with Crippen LogP contribution in [0.3, 0.4) is 0 Å². The molecule has 2 aromatic rings. The van der Waals surface area contributed by atoms with Crippen molar-refractivity contribution in [2.75, 3.05) is 5.32 Å². The number of nitrogens with one attached hydrogen (secondary N) is 2. The van der Waals surface area contributed by atoms with E-state index >= 15 is 0 Å². The normalized spacial score (nSPS) is 10.0. The molecule has 16 heavy (non-hydrogen) atoms. The van der Waals surface area contributed by atoms with Gasteiger partial charge in [0.2, 0.25) is 0 Å². The number of nitrogens with zero attached hydrogens (tertiary/aromatic N) is 1. The Balaban J connectivity index is 2.42. The van der Waals surface area contributed by atoms with Crippen LogP contribution in [-0.4, -0.2) is 21.0 Å². The minimum atomic E-state index is -1.27. The molecule has 0 aliphatic carbocycles. The number of amides is 1.